The van der Waals surface area contributed by atoms with Gasteiger partial charge < -0.3 is 4.74 Å². The lowest BCUT2D eigenvalue weighted by Crippen LogP contribution is -2.01. The van der Waals surface area contributed by atoms with Crippen molar-refractivity contribution >= 4 is 5.97 Å². The summed E-state index contributed by atoms with van der Waals surface area (Å²) in [7, 11) is 0. The van der Waals surface area contributed by atoms with E-state index >= 15 is 0 Å². The van der Waals surface area contributed by atoms with Gasteiger partial charge in [0.05, 0.1) is 6.61 Å². The van der Waals surface area contributed by atoms with Gasteiger partial charge in [-0.2, -0.15) is 0 Å². The molecule has 0 atom stereocenters. The number of unbranched alkanes of at least 4 members (excludes halogenated alkanes) is 11. The molecule has 0 rings (SSSR count). The highest BCUT2D eigenvalue weighted by atomic mass is 16.5. The third kappa shape index (κ3) is 15.2. The predicted octanol–water partition coefficient (Wildman–Crippen LogP) is 5.42. The second kappa shape index (κ2) is 15.3. The van der Waals surface area contributed by atoms with Crippen LogP contribution in [0.4, 0.5) is 0 Å². The molecule has 0 fully saturated rings. The quantitative estimate of drug-likeness (QED) is 0.239. The van der Waals surface area contributed by atoms with Crippen LogP contribution in [0.2, 0.25) is 0 Å². The smallest absolute Gasteiger partial charge is 0.330 e. The molecule has 0 saturated heterocycles. The highest BCUT2D eigenvalue weighted by Gasteiger charge is 1.96. The van der Waals surface area contributed by atoms with Gasteiger partial charge in [-0.25, -0.2) is 4.79 Å². The van der Waals surface area contributed by atoms with Crippen molar-refractivity contribution in [3.63, 3.8) is 0 Å². The Morgan fingerprint density at radius 3 is 1.68 bits per heavy atom. The molecule has 2 heteroatoms. The van der Waals surface area contributed by atoms with Crippen molar-refractivity contribution in [2.75, 3.05) is 6.61 Å². The summed E-state index contributed by atoms with van der Waals surface area (Å²) in [6, 6.07) is 0. The lowest BCUT2D eigenvalue weighted by Gasteiger charge is -2.03. The van der Waals surface area contributed by atoms with E-state index in [0.29, 0.717) is 6.61 Å². The summed E-state index contributed by atoms with van der Waals surface area (Å²) in [6.07, 6.45) is 17.1. The number of rotatable bonds is 14. The maximum atomic E-state index is 10.8. The second-order valence-corrected chi connectivity index (χ2v) is 5.26. The minimum absolute atomic E-state index is 0.303. The van der Waals surface area contributed by atoms with Gasteiger partial charge in [-0.05, 0) is 6.42 Å². The van der Waals surface area contributed by atoms with Gasteiger partial charge in [0.2, 0.25) is 0 Å². The van der Waals surface area contributed by atoms with E-state index in [1.165, 1.54) is 76.7 Å². The zero-order valence-electron chi connectivity index (χ0n) is 12.8. The number of hydrogen-bond acceptors (Lipinski definition) is 2. The monoisotopic (exact) mass is 268 g/mol. The van der Waals surface area contributed by atoms with Crippen LogP contribution in [0.1, 0.15) is 84.0 Å². The van der Waals surface area contributed by atoms with Crippen molar-refractivity contribution in [2.24, 2.45) is 0 Å². The van der Waals surface area contributed by atoms with Crippen molar-refractivity contribution in [1.29, 1.82) is 0 Å². The maximum absolute atomic E-state index is 10.8. The Bertz CT molecular complexity index is 211. The molecule has 0 aromatic heterocycles. The Labute approximate surface area is 119 Å². The Balaban J connectivity index is 2.99. The summed E-state index contributed by atoms with van der Waals surface area (Å²) in [5.41, 5.74) is 0. The molecule has 0 aliphatic rings. The first-order chi connectivity index (χ1) is 9.31. The molecule has 19 heavy (non-hydrogen) atoms. The van der Waals surface area contributed by atoms with Crippen LogP contribution in [0, 0.1) is 0 Å². The minimum Gasteiger partial charge on any atom is -0.463 e. The van der Waals surface area contributed by atoms with E-state index in [0.717, 1.165) is 6.42 Å². The molecule has 0 radical (unpaired) electrons. The van der Waals surface area contributed by atoms with Crippen LogP contribution in [0.15, 0.2) is 12.7 Å². The van der Waals surface area contributed by atoms with E-state index < -0.39 is 0 Å². The fourth-order valence-electron chi connectivity index (χ4n) is 2.17. The summed E-state index contributed by atoms with van der Waals surface area (Å²) in [5.74, 6) is -0.303. The van der Waals surface area contributed by atoms with Crippen LogP contribution in [0.3, 0.4) is 0 Å². The molecule has 0 saturated carbocycles. The Hall–Kier alpha value is -0.790. The fraction of sp³-hybridized carbons (Fsp3) is 0.824. The van der Waals surface area contributed by atoms with E-state index in [1.807, 2.05) is 0 Å². The molecule has 0 unspecified atom stereocenters. The summed E-state index contributed by atoms with van der Waals surface area (Å²) in [4.78, 5) is 10.8. The van der Waals surface area contributed by atoms with Crippen molar-refractivity contribution in [1.82, 2.24) is 0 Å². The first-order valence-corrected chi connectivity index (χ1v) is 8.10. The normalized spacial score (nSPS) is 10.4. The first kappa shape index (κ1) is 18.2. The van der Waals surface area contributed by atoms with Gasteiger partial charge >= 0.3 is 5.97 Å². The summed E-state index contributed by atoms with van der Waals surface area (Å²) in [5, 5.41) is 0. The van der Waals surface area contributed by atoms with Crippen molar-refractivity contribution < 1.29 is 9.53 Å². The minimum atomic E-state index is -0.303. The topological polar surface area (TPSA) is 26.3 Å². The average Bonchev–Trinajstić information content (AvgIpc) is 2.43. The van der Waals surface area contributed by atoms with Crippen LogP contribution < -0.4 is 0 Å². The molecule has 0 aromatic carbocycles. The average molecular weight is 268 g/mol. The molecule has 0 aliphatic carbocycles. The molecular weight excluding hydrogens is 236 g/mol. The van der Waals surface area contributed by atoms with Crippen molar-refractivity contribution in [3.05, 3.63) is 12.7 Å². The molecule has 0 spiro atoms. The Morgan fingerprint density at radius 1 is 0.842 bits per heavy atom. The van der Waals surface area contributed by atoms with Gasteiger partial charge in [-0.15, -0.1) is 0 Å². The van der Waals surface area contributed by atoms with Crippen LogP contribution in [-0.4, -0.2) is 12.6 Å². The largest absolute Gasteiger partial charge is 0.463 e. The van der Waals surface area contributed by atoms with E-state index in [-0.39, 0.29) is 5.97 Å². The first-order valence-electron chi connectivity index (χ1n) is 8.10. The van der Waals surface area contributed by atoms with Crippen molar-refractivity contribution in [2.45, 2.75) is 84.0 Å². The van der Waals surface area contributed by atoms with E-state index in [4.69, 9.17) is 4.74 Å². The molecule has 0 amide bonds. The molecule has 0 N–H and O–H groups in total. The van der Waals surface area contributed by atoms with Crippen LogP contribution in [0.5, 0.6) is 0 Å². The molecular formula is C17H32O2. The Morgan fingerprint density at radius 2 is 1.26 bits per heavy atom. The van der Waals surface area contributed by atoms with Gasteiger partial charge in [-0.3, -0.25) is 0 Å². The molecule has 0 aromatic rings. The van der Waals surface area contributed by atoms with E-state index in [2.05, 4.69) is 13.5 Å². The summed E-state index contributed by atoms with van der Waals surface area (Å²) >= 11 is 0. The second-order valence-electron chi connectivity index (χ2n) is 5.26. The van der Waals surface area contributed by atoms with Gasteiger partial charge in [0.25, 0.3) is 0 Å². The highest BCUT2D eigenvalue weighted by Crippen LogP contribution is 2.11. The number of carbonyl (C=O) groups is 1. The number of esters is 1. The van der Waals surface area contributed by atoms with E-state index in [1.54, 1.807) is 0 Å². The summed E-state index contributed by atoms with van der Waals surface area (Å²) < 4.78 is 4.93. The van der Waals surface area contributed by atoms with Crippen LogP contribution in [-0.2, 0) is 9.53 Å². The van der Waals surface area contributed by atoms with Crippen LogP contribution >= 0.6 is 0 Å². The SMILES string of the molecule is C=CC(=O)OCCCCCCCCCCCCCC. The highest BCUT2D eigenvalue weighted by molar-refractivity contribution is 5.81. The van der Waals surface area contributed by atoms with Gasteiger partial charge in [0.1, 0.15) is 0 Å². The zero-order chi connectivity index (χ0) is 14.2. The fourth-order valence-corrected chi connectivity index (χ4v) is 2.17. The molecule has 112 valence electrons. The maximum Gasteiger partial charge on any atom is 0.330 e. The lowest BCUT2D eigenvalue weighted by atomic mass is 10.1. The third-order valence-corrected chi connectivity index (χ3v) is 3.41. The van der Waals surface area contributed by atoms with Gasteiger partial charge in [-0.1, -0.05) is 84.1 Å². The number of ether oxygens (including phenoxy) is 1. The summed E-state index contributed by atoms with van der Waals surface area (Å²) in [6.45, 7) is 6.17. The van der Waals surface area contributed by atoms with Crippen LogP contribution in [0.25, 0.3) is 0 Å². The third-order valence-electron chi connectivity index (χ3n) is 3.41. The Kier molecular flexibility index (Phi) is 14.6. The zero-order valence-corrected chi connectivity index (χ0v) is 12.8. The van der Waals surface area contributed by atoms with Crippen molar-refractivity contribution in [3.8, 4) is 0 Å². The number of hydrogen-bond donors (Lipinski definition) is 0. The molecule has 0 bridgehead atoms. The van der Waals surface area contributed by atoms with E-state index in [9.17, 15) is 4.79 Å². The lowest BCUT2D eigenvalue weighted by molar-refractivity contribution is -0.137. The molecule has 2 nitrogen and oxygen atoms in total. The standard InChI is InChI=1S/C17H32O2/c1-3-5-6-7-8-9-10-11-12-13-14-15-16-19-17(18)4-2/h4H,2-3,5-16H2,1H3. The number of carbonyl (C=O) groups excluding carboxylic acids is 1. The van der Waals surface area contributed by atoms with Gasteiger partial charge in [0, 0.05) is 6.08 Å². The predicted molar refractivity (Wildman–Crippen MR) is 82.2 cm³/mol. The molecule has 0 heterocycles. The molecule has 0 aliphatic heterocycles. The van der Waals surface area contributed by atoms with Gasteiger partial charge in [0.15, 0.2) is 0 Å².